The predicted octanol–water partition coefficient (Wildman–Crippen LogP) is 1.51. The normalized spacial score (nSPS) is 16.5. The summed E-state index contributed by atoms with van der Waals surface area (Å²) in [6.07, 6.45) is 1.36. The van der Waals surface area contributed by atoms with Crippen LogP contribution in [0, 0.1) is 11.6 Å². The first-order valence-corrected chi connectivity index (χ1v) is 6.48. The molecule has 0 amide bonds. The van der Waals surface area contributed by atoms with Crippen LogP contribution in [-0.2, 0) is 16.8 Å². The van der Waals surface area contributed by atoms with Gasteiger partial charge in [-0.05, 0) is 41.8 Å². The minimum absolute atomic E-state index is 0.140. The number of rotatable bonds is 4. The molecule has 0 saturated heterocycles. The van der Waals surface area contributed by atoms with Crippen LogP contribution in [-0.4, -0.2) is 31.3 Å². The van der Waals surface area contributed by atoms with Crippen molar-refractivity contribution in [2.75, 3.05) is 0 Å². The van der Waals surface area contributed by atoms with Crippen molar-refractivity contribution in [2.45, 2.75) is 31.2 Å². The van der Waals surface area contributed by atoms with Gasteiger partial charge in [-0.1, -0.05) is 6.07 Å². The number of hydrogen-bond donors (Lipinski definition) is 1. The maximum atomic E-state index is 13.7. The van der Waals surface area contributed by atoms with Crippen molar-refractivity contribution in [3.05, 3.63) is 41.2 Å². The second kappa shape index (κ2) is 4.87. The fraction of sp³-hybridized carbons (Fsp3) is 0.385. The first-order chi connectivity index (χ1) is 10.0. The quantitative estimate of drug-likeness (QED) is 0.924. The van der Waals surface area contributed by atoms with E-state index in [0.29, 0.717) is 12.8 Å². The zero-order valence-corrected chi connectivity index (χ0v) is 11.0. The third kappa shape index (κ3) is 2.07. The van der Waals surface area contributed by atoms with E-state index in [2.05, 4.69) is 15.5 Å². The van der Waals surface area contributed by atoms with E-state index in [0.717, 1.165) is 18.6 Å². The van der Waals surface area contributed by atoms with Gasteiger partial charge in [0.2, 0.25) is 0 Å². The van der Waals surface area contributed by atoms with E-state index in [1.165, 1.54) is 10.7 Å². The fourth-order valence-electron chi connectivity index (χ4n) is 2.54. The summed E-state index contributed by atoms with van der Waals surface area (Å²) in [4.78, 5) is 11.5. The Kier molecular flexibility index (Phi) is 3.15. The van der Waals surface area contributed by atoms with E-state index in [1.54, 1.807) is 0 Å². The van der Waals surface area contributed by atoms with Gasteiger partial charge in [-0.3, -0.25) is 0 Å². The first-order valence-electron chi connectivity index (χ1n) is 6.48. The smallest absolute Gasteiger partial charge is 0.331 e. The second-order valence-corrected chi connectivity index (χ2v) is 5.07. The Bertz CT molecular complexity index is 677. The molecule has 0 aliphatic heterocycles. The highest BCUT2D eigenvalue weighted by Gasteiger charge is 2.49. The minimum atomic E-state index is -1.19. The van der Waals surface area contributed by atoms with Crippen LogP contribution in [0.4, 0.5) is 8.78 Å². The van der Waals surface area contributed by atoms with Gasteiger partial charge >= 0.3 is 5.97 Å². The summed E-state index contributed by atoms with van der Waals surface area (Å²) >= 11 is 0. The van der Waals surface area contributed by atoms with Crippen molar-refractivity contribution in [3.8, 4) is 0 Å². The van der Waals surface area contributed by atoms with Crippen LogP contribution >= 0.6 is 0 Å². The average Bonchev–Trinajstić information content (AvgIpc) is 2.81. The van der Waals surface area contributed by atoms with E-state index in [1.807, 2.05) is 0 Å². The van der Waals surface area contributed by atoms with Crippen LogP contribution in [0.1, 0.15) is 30.7 Å². The molecule has 0 bridgehead atoms. The Morgan fingerprint density at radius 3 is 2.52 bits per heavy atom. The molecule has 1 aromatic carbocycles. The molecule has 2 aromatic rings. The van der Waals surface area contributed by atoms with Gasteiger partial charge in [-0.15, -0.1) is 5.10 Å². The zero-order chi connectivity index (χ0) is 15.0. The Hall–Kier alpha value is -2.38. The standard InChI is InChI=1S/C13H12F2N4O2/c14-9-3-1-4-10(15)8(9)7-11-16-17-18-19(11)13(12(20)21)5-2-6-13/h1,3-4H,2,5-7H2,(H,20,21). The summed E-state index contributed by atoms with van der Waals surface area (Å²) in [5.74, 6) is -2.30. The summed E-state index contributed by atoms with van der Waals surface area (Å²) in [6.45, 7) is 0. The maximum absolute atomic E-state index is 13.7. The molecule has 1 heterocycles. The van der Waals surface area contributed by atoms with Crippen molar-refractivity contribution in [2.24, 2.45) is 0 Å². The van der Waals surface area contributed by atoms with Crippen LogP contribution in [0.2, 0.25) is 0 Å². The van der Waals surface area contributed by atoms with Gasteiger partial charge in [-0.2, -0.15) is 0 Å². The highest BCUT2D eigenvalue weighted by atomic mass is 19.1. The van der Waals surface area contributed by atoms with Crippen molar-refractivity contribution < 1.29 is 18.7 Å². The minimum Gasteiger partial charge on any atom is -0.479 e. The lowest BCUT2D eigenvalue weighted by Gasteiger charge is -2.37. The molecule has 8 heteroatoms. The summed E-state index contributed by atoms with van der Waals surface area (Å²) in [7, 11) is 0. The van der Waals surface area contributed by atoms with E-state index in [4.69, 9.17) is 0 Å². The number of tetrazole rings is 1. The van der Waals surface area contributed by atoms with Crippen LogP contribution in [0.3, 0.4) is 0 Å². The van der Waals surface area contributed by atoms with Gasteiger partial charge in [0.1, 0.15) is 11.6 Å². The largest absolute Gasteiger partial charge is 0.479 e. The third-order valence-electron chi connectivity index (χ3n) is 3.91. The molecular formula is C13H12F2N4O2. The Labute approximate surface area is 118 Å². The van der Waals surface area contributed by atoms with E-state index in [-0.39, 0.29) is 17.8 Å². The van der Waals surface area contributed by atoms with Gasteiger partial charge < -0.3 is 5.11 Å². The van der Waals surface area contributed by atoms with Crippen molar-refractivity contribution in [3.63, 3.8) is 0 Å². The average molecular weight is 294 g/mol. The molecule has 110 valence electrons. The lowest BCUT2D eigenvalue weighted by Crippen LogP contribution is -2.49. The van der Waals surface area contributed by atoms with Gasteiger partial charge in [0.05, 0.1) is 0 Å². The highest BCUT2D eigenvalue weighted by molar-refractivity contribution is 5.77. The lowest BCUT2D eigenvalue weighted by molar-refractivity contribution is -0.153. The second-order valence-electron chi connectivity index (χ2n) is 5.07. The molecule has 6 nitrogen and oxygen atoms in total. The Balaban J connectivity index is 1.99. The molecule has 1 saturated carbocycles. The van der Waals surface area contributed by atoms with Gasteiger partial charge in [0, 0.05) is 12.0 Å². The molecule has 21 heavy (non-hydrogen) atoms. The van der Waals surface area contributed by atoms with Crippen LogP contribution in [0.5, 0.6) is 0 Å². The van der Waals surface area contributed by atoms with E-state index in [9.17, 15) is 18.7 Å². The molecule has 3 rings (SSSR count). The number of benzene rings is 1. The molecule has 0 spiro atoms. The first kappa shape index (κ1) is 13.6. The lowest BCUT2D eigenvalue weighted by atomic mass is 9.76. The maximum Gasteiger partial charge on any atom is 0.331 e. The van der Waals surface area contributed by atoms with Gasteiger partial charge in [0.15, 0.2) is 11.4 Å². The number of halogens is 2. The van der Waals surface area contributed by atoms with Gasteiger partial charge in [0.25, 0.3) is 0 Å². The molecule has 0 radical (unpaired) electrons. The topological polar surface area (TPSA) is 80.9 Å². The molecule has 1 aliphatic rings. The molecule has 0 atom stereocenters. The third-order valence-corrected chi connectivity index (χ3v) is 3.91. The summed E-state index contributed by atoms with van der Waals surface area (Å²) < 4.78 is 28.6. The van der Waals surface area contributed by atoms with Crippen molar-refractivity contribution >= 4 is 5.97 Å². The molecule has 1 fully saturated rings. The van der Waals surface area contributed by atoms with E-state index >= 15 is 0 Å². The Morgan fingerprint density at radius 2 is 2.00 bits per heavy atom. The Morgan fingerprint density at radius 1 is 1.33 bits per heavy atom. The number of hydrogen-bond acceptors (Lipinski definition) is 4. The molecule has 0 unspecified atom stereocenters. The number of nitrogens with zero attached hydrogens (tertiary/aromatic N) is 4. The molecule has 1 N–H and O–H groups in total. The van der Waals surface area contributed by atoms with Crippen LogP contribution < -0.4 is 0 Å². The number of aliphatic carboxylic acids is 1. The predicted molar refractivity (Wildman–Crippen MR) is 66.4 cm³/mol. The molecule has 1 aromatic heterocycles. The van der Waals surface area contributed by atoms with Crippen LogP contribution in [0.25, 0.3) is 0 Å². The fourth-order valence-corrected chi connectivity index (χ4v) is 2.54. The summed E-state index contributed by atoms with van der Waals surface area (Å²) in [6, 6.07) is 3.55. The number of carbonyl (C=O) groups is 1. The van der Waals surface area contributed by atoms with E-state index < -0.39 is 23.1 Å². The summed E-state index contributed by atoms with van der Waals surface area (Å²) in [5, 5.41) is 20.3. The molecular weight excluding hydrogens is 282 g/mol. The summed E-state index contributed by atoms with van der Waals surface area (Å²) in [5.41, 5.74) is -1.37. The number of carboxylic acids is 1. The van der Waals surface area contributed by atoms with Crippen LogP contribution in [0.15, 0.2) is 18.2 Å². The number of aromatic nitrogens is 4. The highest BCUT2D eigenvalue weighted by Crippen LogP contribution is 2.39. The SMILES string of the molecule is O=C(O)C1(n2nnnc2Cc2c(F)cccc2F)CCC1. The number of carboxylic acid groups (broad SMARTS) is 1. The zero-order valence-electron chi connectivity index (χ0n) is 11.0. The van der Waals surface area contributed by atoms with Gasteiger partial charge in [-0.25, -0.2) is 18.3 Å². The van der Waals surface area contributed by atoms with Crippen molar-refractivity contribution in [1.29, 1.82) is 0 Å². The van der Waals surface area contributed by atoms with Crippen molar-refractivity contribution in [1.82, 2.24) is 20.2 Å². The molecule has 1 aliphatic carbocycles. The monoisotopic (exact) mass is 294 g/mol.